The van der Waals surface area contributed by atoms with Crippen molar-refractivity contribution in [2.24, 2.45) is 17.1 Å². The van der Waals surface area contributed by atoms with Crippen molar-refractivity contribution >= 4 is 11.9 Å². The molecule has 0 saturated heterocycles. The molecule has 4 N–H and O–H groups in total. The summed E-state index contributed by atoms with van der Waals surface area (Å²) >= 11 is 0. The molecule has 1 aliphatic rings. The van der Waals surface area contributed by atoms with Gasteiger partial charge in [-0.2, -0.15) is 0 Å². The predicted octanol–water partition coefficient (Wildman–Crippen LogP) is -0.491. The number of aliphatic carboxylic acids is 2. The number of hydrogen-bond donors (Lipinski definition) is 3. The van der Waals surface area contributed by atoms with Gasteiger partial charge in [-0.05, 0) is 13.3 Å². The van der Waals surface area contributed by atoms with Crippen LogP contribution in [0.5, 0.6) is 0 Å². The molecule has 0 aliphatic heterocycles. The molecule has 3 atom stereocenters. The number of carboxylic acid groups (broad SMARTS) is 2. The molecule has 5 heteroatoms. The van der Waals surface area contributed by atoms with E-state index in [2.05, 4.69) is 0 Å². The molecule has 68 valence electrons. The molecule has 1 aliphatic carbocycles. The lowest BCUT2D eigenvalue weighted by Crippen LogP contribution is -2.35. The standard InChI is InChI=1S/C7H11NO4/c1-7(6(11)12)2-3(7)4(8)5(9)10/h3-4H,2,8H2,1H3,(H,9,10)(H,11,12)/t3-,4-,7+/m0/s1. The SMILES string of the molecule is C[C@@]1(C(=O)O)C[C@H]1[C@H](N)C(=O)O. The molecule has 12 heavy (non-hydrogen) atoms. The molecule has 1 fully saturated rings. The molecule has 0 spiro atoms. The first-order valence-corrected chi connectivity index (χ1v) is 3.61. The summed E-state index contributed by atoms with van der Waals surface area (Å²) in [6.45, 7) is 1.52. The van der Waals surface area contributed by atoms with Gasteiger partial charge in [-0.25, -0.2) is 0 Å². The van der Waals surface area contributed by atoms with Crippen LogP contribution in [0, 0.1) is 11.3 Å². The van der Waals surface area contributed by atoms with E-state index in [0.29, 0.717) is 6.42 Å². The van der Waals surface area contributed by atoms with Gasteiger partial charge in [0, 0.05) is 5.92 Å². The third-order valence-electron chi connectivity index (χ3n) is 2.51. The monoisotopic (exact) mass is 173 g/mol. The van der Waals surface area contributed by atoms with Crippen molar-refractivity contribution in [3.8, 4) is 0 Å². The van der Waals surface area contributed by atoms with Gasteiger partial charge >= 0.3 is 11.9 Å². The summed E-state index contributed by atoms with van der Waals surface area (Å²) < 4.78 is 0. The molecular formula is C7H11NO4. The van der Waals surface area contributed by atoms with Crippen molar-refractivity contribution in [2.45, 2.75) is 19.4 Å². The zero-order valence-corrected chi connectivity index (χ0v) is 6.65. The smallest absolute Gasteiger partial charge is 0.320 e. The minimum Gasteiger partial charge on any atom is -0.481 e. The number of carboxylic acids is 2. The average Bonchev–Trinajstić information content (AvgIpc) is 2.62. The Balaban J connectivity index is 2.63. The molecular weight excluding hydrogens is 162 g/mol. The van der Waals surface area contributed by atoms with Crippen LogP contribution in [0.4, 0.5) is 0 Å². The number of rotatable bonds is 3. The Morgan fingerprint density at radius 2 is 2.08 bits per heavy atom. The maximum Gasteiger partial charge on any atom is 0.320 e. The Bertz CT molecular complexity index is 240. The first-order chi connectivity index (χ1) is 5.39. The highest BCUT2D eigenvalue weighted by atomic mass is 16.4. The lowest BCUT2D eigenvalue weighted by Gasteiger charge is -2.08. The van der Waals surface area contributed by atoms with Crippen molar-refractivity contribution in [2.75, 3.05) is 0 Å². The molecule has 0 radical (unpaired) electrons. The van der Waals surface area contributed by atoms with E-state index < -0.39 is 29.3 Å². The van der Waals surface area contributed by atoms with Crippen molar-refractivity contribution in [1.29, 1.82) is 0 Å². The Morgan fingerprint density at radius 3 is 2.33 bits per heavy atom. The average molecular weight is 173 g/mol. The highest BCUT2D eigenvalue weighted by molar-refractivity contribution is 5.82. The van der Waals surface area contributed by atoms with Crippen LogP contribution >= 0.6 is 0 Å². The van der Waals surface area contributed by atoms with Crippen LogP contribution in [0.25, 0.3) is 0 Å². The Kier molecular flexibility index (Phi) is 1.83. The second-order valence-corrected chi connectivity index (χ2v) is 3.40. The molecule has 0 heterocycles. The van der Waals surface area contributed by atoms with Crippen LogP contribution < -0.4 is 5.73 Å². The lowest BCUT2D eigenvalue weighted by atomic mass is 10.0. The molecule has 1 rings (SSSR count). The van der Waals surface area contributed by atoms with Crippen LogP contribution in [0.2, 0.25) is 0 Å². The topological polar surface area (TPSA) is 101 Å². The van der Waals surface area contributed by atoms with Crippen LogP contribution in [0.3, 0.4) is 0 Å². The third-order valence-corrected chi connectivity index (χ3v) is 2.51. The van der Waals surface area contributed by atoms with Gasteiger partial charge in [-0.3, -0.25) is 9.59 Å². The normalized spacial score (nSPS) is 35.7. The second kappa shape index (κ2) is 2.45. The van der Waals surface area contributed by atoms with Gasteiger partial charge in [-0.1, -0.05) is 0 Å². The molecule has 0 unspecified atom stereocenters. The molecule has 0 bridgehead atoms. The number of nitrogens with two attached hydrogens (primary N) is 1. The lowest BCUT2D eigenvalue weighted by molar-refractivity contribution is -0.144. The second-order valence-electron chi connectivity index (χ2n) is 3.40. The number of hydrogen-bond acceptors (Lipinski definition) is 3. The molecule has 1 saturated carbocycles. The van der Waals surface area contributed by atoms with E-state index >= 15 is 0 Å². The van der Waals surface area contributed by atoms with Crippen LogP contribution in [0.1, 0.15) is 13.3 Å². The first kappa shape index (κ1) is 8.99. The van der Waals surface area contributed by atoms with Crippen molar-refractivity contribution in [1.82, 2.24) is 0 Å². The van der Waals surface area contributed by atoms with Crippen molar-refractivity contribution in [3.63, 3.8) is 0 Å². The Hall–Kier alpha value is -1.10. The van der Waals surface area contributed by atoms with E-state index in [4.69, 9.17) is 15.9 Å². The van der Waals surface area contributed by atoms with E-state index in [1.807, 2.05) is 0 Å². The van der Waals surface area contributed by atoms with Gasteiger partial charge in [0.1, 0.15) is 6.04 Å². The van der Waals surface area contributed by atoms with E-state index in [1.165, 1.54) is 6.92 Å². The predicted molar refractivity (Wildman–Crippen MR) is 39.5 cm³/mol. The van der Waals surface area contributed by atoms with Gasteiger partial charge in [0.05, 0.1) is 5.41 Å². The van der Waals surface area contributed by atoms with E-state index in [0.717, 1.165) is 0 Å². The van der Waals surface area contributed by atoms with E-state index in [-0.39, 0.29) is 0 Å². The Morgan fingerprint density at radius 1 is 1.58 bits per heavy atom. The molecule has 0 aromatic carbocycles. The highest BCUT2D eigenvalue weighted by Gasteiger charge is 2.60. The van der Waals surface area contributed by atoms with E-state index in [9.17, 15) is 9.59 Å². The molecule has 5 nitrogen and oxygen atoms in total. The summed E-state index contributed by atoms with van der Waals surface area (Å²) in [5, 5.41) is 17.2. The fourth-order valence-corrected chi connectivity index (χ4v) is 1.34. The summed E-state index contributed by atoms with van der Waals surface area (Å²) in [4.78, 5) is 20.9. The fraction of sp³-hybridized carbons (Fsp3) is 0.714. The summed E-state index contributed by atoms with van der Waals surface area (Å²) in [5.41, 5.74) is 4.35. The van der Waals surface area contributed by atoms with Gasteiger partial charge in [-0.15, -0.1) is 0 Å². The largest absolute Gasteiger partial charge is 0.481 e. The van der Waals surface area contributed by atoms with Gasteiger partial charge in [0.2, 0.25) is 0 Å². The summed E-state index contributed by atoms with van der Waals surface area (Å²) in [6.07, 6.45) is 0.357. The van der Waals surface area contributed by atoms with E-state index in [1.54, 1.807) is 0 Å². The molecule has 0 aromatic heterocycles. The summed E-state index contributed by atoms with van der Waals surface area (Å²) in [5.74, 6) is -2.53. The minimum atomic E-state index is -1.13. The van der Waals surface area contributed by atoms with Gasteiger partial charge in [0.25, 0.3) is 0 Å². The fourth-order valence-electron chi connectivity index (χ4n) is 1.34. The van der Waals surface area contributed by atoms with Crippen LogP contribution in [-0.4, -0.2) is 28.2 Å². The molecule has 0 amide bonds. The third kappa shape index (κ3) is 1.16. The first-order valence-electron chi connectivity index (χ1n) is 3.61. The van der Waals surface area contributed by atoms with Gasteiger partial charge < -0.3 is 15.9 Å². The van der Waals surface area contributed by atoms with Crippen LogP contribution in [0.15, 0.2) is 0 Å². The van der Waals surface area contributed by atoms with Crippen molar-refractivity contribution in [3.05, 3.63) is 0 Å². The summed E-state index contributed by atoms with van der Waals surface area (Å²) in [7, 11) is 0. The van der Waals surface area contributed by atoms with Crippen LogP contribution in [-0.2, 0) is 9.59 Å². The maximum absolute atomic E-state index is 10.6. The molecule has 0 aromatic rings. The zero-order valence-electron chi connectivity index (χ0n) is 6.65. The quantitative estimate of drug-likeness (QED) is 0.534. The summed E-state index contributed by atoms with van der Waals surface area (Å²) in [6, 6.07) is -1.05. The van der Waals surface area contributed by atoms with Gasteiger partial charge in [0.15, 0.2) is 0 Å². The zero-order chi connectivity index (χ0) is 9.52. The number of carbonyl (C=O) groups is 2. The maximum atomic E-state index is 10.6. The highest BCUT2D eigenvalue weighted by Crippen LogP contribution is 2.53. The van der Waals surface area contributed by atoms with Crippen molar-refractivity contribution < 1.29 is 19.8 Å². The minimum absolute atomic E-state index is 0.357. The Labute approximate surface area is 69.2 Å².